The maximum atomic E-state index is 12.7. The minimum absolute atomic E-state index is 0. The summed E-state index contributed by atoms with van der Waals surface area (Å²) in [6.07, 6.45) is 8.50. The molecule has 0 spiro atoms. The summed E-state index contributed by atoms with van der Waals surface area (Å²) < 4.78 is 2.09. The van der Waals surface area contributed by atoms with Crippen LogP contribution in [0.3, 0.4) is 0 Å². The zero-order valence-electron chi connectivity index (χ0n) is 19.4. The molecule has 1 unspecified atom stereocenters. The third kappa shape index (κ3) is 5.80. The summed E-state index contributed by atoms with van der Waals surface area (Å²) in [5, 5.41) is 4.17. The van der Waals surface area contributed by atoms with Crippen LogP contribution in [0.2, 0.25) is 0 Å². The van der Waals surface area contributed by atoms with Gasteiger partial charge in [0.25, 0.3) is 5.91 Å². The molecule has 3 aromatic rings. The number of aromatic nitrogens is 2. The Balaban J connectivity index is 0.00000162. The number of pyridine rings is 1. The van der Waals surface area contributed by atoms with Crippen molar-refractivity contribution in [2.45, 2.75) is 43.7 Å². The van der Waals surface area contributed by atoms with Crippen molar-refractivity contribution in [2.24, 2.45) is 5.92 Å². The molecule has 2 aliphatic rings. The van der Waals surface area contributed by atoms with E-state index in [0.717, 1.165) is 53.2 Å². The second kappa shape index (κ2) is 12.1. The van der Waals surface area contributed by atoms with Crippen molar-refractivity contribution in [3.05, 3.63) is 70.9 Å². The van der Waals surface area contributed by atoms with Gasteiger partial charge >= 0.3 is 0 Å². The number of carbonyl (C=O) groups is 1. The molecule has 1 fully saturated rings. The third-order valence-corrected chi connectivity index (χ3v) is 7.84. The fourth-order valence-electron chi connectivity index (χ4n) is 4.85. The summed E-state index contributed by atoms with van der Waals surface area (Å²) in [6, 6.07) is 17.3. The first-order valence-electron chi connectivity index (χ1n) is 11.6. The Morgan fingerprint density at radius 1 is 1.12 bits per heavy atom. The number of hydrogen-bond acceptors (Lipinski definition) is 4. The summed E-state index contributed by atoms with van der Waals surface area (Å²) in [6.45, 7) is 5.38. The van der Waals surface area contributed by atoms with Gasteiger partial charge in [0.05, 0.1) is 21.8 Å². The Bertz CT molecular complexity index is 1130. The van der Waals surface area contributed by atoms with Gasteiger partial charge in [0.2, 0.25) is 0 Å². The number of likely N-dealkylation sites (tertiary alicyclic amines) is 1. The van der Waals surface area contributed by atoms with E-state index >= 15 is 0 Å². The number of amides is 1. The van der Waals surface area contributed by atoms with Crippen LogP contribution in [0.25, 0.3) is 11.7 Å². The second-order valence-corrected chi connectivity index (χ2v) is 9.88. The van der Waals surface area contributed by atoms with Crippen LogP contribution in [-0.2, 0) is 4.79 Å². The molecule has 2 aliphatic heterocycles. The SMILES string of the molecule is CC(c1ccccc1)N1CCC(CCCNC(=O)C2=Cc3cnc4cccc(n34)S2)CC1.Cl.Cl. The summed E-state index contributed by atoms with van der Waals surface area (Å²) in [7, 11) is 0. The Labute approximate surface area is 218 Å². The van der Waals surface area contributed by atoms with Gasteiger partial charge in [-0.3, -0.25) is 14.1 Å². The van der Waals surface area contributed by atoms with Gasteiger partial charge in [-0.1, -0.05) is 48.2 Å². The van der Waals surface area contributed by atoms with Crippen LogP contribution in [0.5, 0.6) is 0 Å². The highest BCUT2D eigenvalue weighted by Crippen LogP contribution is 2.34. The Kier molecular flexibility index (Phi) is 9.48. The Hall–Kier alpha value is -1.99. The van der Waals surface area contributed by atoms with Crippen LogP contribution in [0.1, 0.15) is 49.9 Å². The maximum absolute atomic E-state index is 12.7. The average molecular weight is 520 g/mol. The molecule has 8 heteroatoms. The topological polar surface area (TPSA) is 49.6 Å². The van der Waals surface area contributed by atoms with Crippen LogP contribution in [-0.4, -0.2) is 39.8 Å². The van der Waals surface area contributed by atoms with Crippen LogP contribution >= 0.6 is 36.6 Å². The van der Waals surface area contributed by atoms with Gasteiger partial charge in [-0.25, -0.2) is 4.98 Å². The smallest absolute Gasteiger partial charge is 0.258 e. The number of benzene rings is 1. The zero-order chi connectivity index (χ0) is 21.9. The highest BCUT2D eigenvalue weighted by Gasteiger charge is 2.24. The molecule has 1 amide bonds. The molecule has 0 aliphatic carbocycles. The van der Waals surface area contributed by atoms with E-state index in [4.69, 9.17) is 0 Å². The van der Waals surface area contributed by atoms with E-state index in [2.05, 4.69) is 56.9 Å². The normalized spacial score (nSPS) is 16.8. The summed E-state index contributed by atoms with van der Waals surface area (Å²) in [4.78, 5) is 20.5. The average Bonchev–Trinajstić information content (AvgIpc) is 3.27. The van der Waals surface area contributed by atoms with Crippen LogP contribution in [0, 0.1) is 5.92 Å². The lowest BCUT2D eigenvalue weighted by molar-refractivity contribution is -0.116. The van der Waals surface area contributed by atoms with Crippen molar-refractivity contribution in [1.29, 1.82) is 0 Å². The fraction of sp³-hybridized carbons (Fsp3) is 0.385. The molecular formula is C26H32Cl2N4OS. The molecule has 1 aromatic carbocycles. The highest BCUT2D eigenvalue weighted by atomic mass is 35.5. The molecule has 0 radical (unpaired) electrons. The fourth-order valence-corrected chi connectivity index (χ4v) is 5.86. The molecule has 0 bridgehead atoms. The van der Waals surface area contributed by atoms with E-state index < -0.39 is 0 Å². The van der Waals surface area contributed by atoms with Crippen LogP contribution in [0.4, 0.5) is 0 Å². The maximum Gasteiger partial charge on any atom is 0.258 e. The quantitative estimate of drug-likeness (QED) is 0.390. The molecule has 5 nitrogen and oxygen atoms in total. The van der Waals surface area contributed by atoms with Gasteiger partial charge in [-0.15, -0.1) is 24.8 Å². The lowest BCUT2D eigenvalue weighted by atomic mass is 9.91. The van der Waals surface area contributed by atoms with Crippen molar-refractivity contribution < 1.29 is 4.79 Å². The van der Waals surface area contributed by atoms with Gasteiger partial charge in [0.1, 0.15) is 5.65 Å². The van der Waals surface area contributed by atoms with Gasteiger partial charge in [-0.2, -0.15) is 0 Å². The first-order valence-corrected chi connectivity index (χ1v) is 12.4. The third-order valence-electron chi connectivity index (χ3n) is 6.79. The van der Waals surface area contributed by atoms with Crippen molar-refractivity contribution >= 4 is 54.2 Å². The van der Waals surface area contributed by atoms with E-state index in [9.17, 15) is 4.79 Å². The molecule has 1 saturated heterocycles. The van der Waals surface area contributed by atoms with Gasteiger partial charge in [-0.05, 0) is 75.4 Å². The summed E-state index contributed by atoms with van der Waals surface area (Å²) in [5.41, 5.74) is 3.30. The van der Waals surface area contributed by atoms with Crippen LogP contribution < -0.4 is 5.32 Å². The van der Waals surface area contributed by atoms with E-state index in [-0.39, 0.29) is 30.7 Å². The van der Waals surface area contributed by atoms with Gasteiger partial charge < -0.3 is 5.32 Å². The number of piperidine rings is 1. The number of nitrogens with zero attached hydrogens (tertiary/aromatic N) is 3. The van der Waals surface area contributed by atoms with Crippen molar-refractivity contribution in [3.63, 3.8) is 0 Å². The molecule has 34 heavy (non-hydrogen) atoms. The molecular weight excluding hydrogens is 487 g/mol. The first-order chi connectivity index (χ1) is 15.7. The molecule has 4 heterocycles. The van der Waals surface area contributed by atoms with Crippen molar-refractivity contribution in [1.82, 2.24) is 19.6 Å². The summed E-state index contributed by atoms with van der Waals surface area (Å²) >= 11 is 1.52. The number of carbonyl (C=O) groups excluding carboxylic acids is 1. The second-order valence-electron chi connectivity index (χ2n) is 8.82. The molecule has 182 valence electrons. The minimum Gasteiger partial charge on any atom is -0.352 e. The van der Waals surface area contributed by atoms with E-state index in [1.165, 1.54) is 36.6 Å². The zero-order valence-corrected chi connectivity index (χ0v) is 21.8. The first kappa shape index (κ1) is 26.6. The van der Waals surface area contributed by atoms with Gasteiger partial charge in [0, 0.05) is 12.6 Å². The van der Waals surface area contributed by atoms with Crippen molar-refractivity contribution in [3.8, 4) is 0 Å². The number of nitrogens with one attached hydrogen (secondary N) is 1. The lowest BCUT2D eigenvalue weighted by Gasteiger charge is -2.36. The minimum atomic E-state index is 0. The number of rotatable bonds is 7. The Morgan fingerprint density at radius 3 is 2.65 bits per heavy atom. The van der Waals surface area contributed by atoms with E-state index in [1.807, 2.05) is 30.5 Å². The predicted octanol–water partition coefficient (Wildman–Crippen LogP) is 5.99. The summed E-state index contributed by atoms with van der Waals surface area (Å²) in [5.74, 6) is 0.785. The van der Waals surface area contributed by atoms with Crippen LogP contribution in [0.15, 0.2) is 64.7 Å². The molecule has 5 rings (SSSR count). The Morgan fingerprint density at radius 2 is 1.88 bits per heavy atom. The predicted molar refractivity (Wildman–Crippen MR) is 145 cm³/mol. The number of halogens is 2. The van der Waals surface area contributed by atoms with Gasteiger partial charge in [0.15, 0.2) is 0 Å². The van der Waals surface area contributed by atoms with E-state index in [0.29, 0.717) is 6.04 Å². The molecule has 0 saturated carbocycles. The molecule has 2 aromatic heterocycles. The molecule has 1 N–H and O–H groups in total. The standard InChI is InChI=1S/C26H30N4OS.2ClH/c1-19(21-8-3-2-4-9-21)29-15-12-20(13-16-29)7-6-14-27-26(31)23-17-22-18-28-24-10-5-11-25(32-23)30(22)24;;/h2-5,8-11,17-20H,6-7,12-16H2,1H3,(H,27,31);2*1H. The van der Waals surface area contributed by atoms with E-state index in [1.54, 1.807) is 0 Å². The molecule has 1 atom stereocenters. The van der Waals surface area contributed by atoms with Crippen molar-refractivity contribution in [2.75, 3.05) is 19.6 Å². The lowest BCUT2D eigenvalue weighted by Crippen LogP contribution is -2.36. The number of imidazole rings is 1. The number of hydrogen-bond donors (Lipinski definition) is 1. The monoisotopic (exact) mass is 518 g/mol. The number of thioether (sulfide) groups is 1. The largest absolute Gasteiger partial charge is 0.352 e. The highest BCUT2D eigenvalue weighted by molar-refractivity contribution is 8.04.